The van der Waals surface area contributed by atoms with Crippen LogP contribution in [0, 0.1) is 12.8 Å². The Morgan fingerprint density at radius 3 is 2.28 bits per heavy atom. The molecular weight excluding hydrogens is 470 g/mol. The number of rotatable bonds is 4. The number of likely N-dealkylation sites (tertiary alicyclic amines) is 1. The number of aromatic nitrogens is 3. The number of fused-ring (bicyclic) bond motifs is 1. The largest absolute Gasteiger partial charge is 0.347 e. The number of anilines is 1. The number of benzene rings is 1. The van der Waals surface area contributed by atoms with Gasteiger partial charge < -0.3 is 14.7 Å². The van der Waals surface area contributed by atoms with Gasteiger partial charge >= 0.3 is 0 Å². The maximum Gasteiger partial charge on any atom is 0.225 e. The number of hydrogen-bond acceptors (Lipinski definition) is 7. The number of piperazine rings is 1. The van der Waals surface area contributed by atoms with Gasteiger partial charge in [-0.25, -0.2) is 9.50 Å². The van der Waals surface area contributed by atoms with Gasteiger partial charge in [-0.3, -0.25) is 9.69 Å². The summed E-state index contributed by atoms with van der Waals surface area (Å²) in [5.41, 5.74) is 3.32. The molecule has 0 aliphatic carbocycles. The fourth-order valence-electron chi connectivity index (χ4n) is 5.92. The van der Waals surface area contributed by atoms with Crippen molar-refractivity contribution in [2.24, 2.45) is 5.92 Å². The van der Waals surface area contributed by atoms with Crippen molar-refractivity contribution in [2.75, 3.05) is 64.3 Å². The number of imidazole rings is 1. The number of carbonyl (C=O) groups excluding carboxylic acids is 1. The summed E-state index contributed by atoms with van der Waals surface area (Å²) in [6.07, 6.45) is 6.35. The summed E-state index contributed by atoms with van der Waals surface area (Å²) in [4.78, 5) is 28.5. The Kier molecular flexibility index (Phi) is 6.71. The molecule has 0 radical (unpaired) electrons. The molecule has 3 saturated heterocycles. The third kappa shape index (κ3) is 4.88. The van der Waals surface area contributed by atoms with Crippen molar-refractivity contribution in [3.63, 3.8) is 0 Å². The molecule has 1 aromatic carbocycles. The third-order valence-corrected chi connectivity index (χ3v) is 9.31. The highest BCUT2D eigenvalue weighted by molar-refractivity contribution is 7.20. The maximum atomic E-state index is 13.3. The summed E-state index contributed by atoms with van der Waals surface area (Å²) < 4.78 is 1.90. The number of nitrogens with zero attached hydrogens (tertiary/aromatic N) is 7. The van der Waals surface area contributed by atoms with Gasteiger partial charge in [-0.2, -0.15) is 0 Å². The van der Waals surface area contributed by atoms with Crippen LogP contribution >= 0.6 is 11.3 Å². The molecule has 2 aromatic heterocycles. The van der Waals surface area contributed by atoms with Crippen molar-refractivity contribution in [1.29, 1.82) is 0 Å². The number of amides is 1. The Morgan fingerprint density at radius 2 is 1.61 bits per heavy atom. The second-order valence-electron chi connectivity index (χ2n) is 10.8. The normalized spacial score (nSPS) is 21.5. The van der Waals surface area contributed by atoms with Crippen LogP contribution in [0.25, 0.3) is 16.2 Å². The van der Waals surface area contributed by atoms with Crippen molar-refractivity contribution in [3.05, 3.63) is 36.0 Å². The first-order valence-corrected chi connectivity index (χ1v) is 14.2. The van der Waals surface area contributed by atoms with E-state index in [1.54, 1.807) is 11.3 Å². The van der Waals surface area contributed by atoms with Gasteiger partial charge in [0.05, 0.1) is 11.9 Å². The standard InChI is InChI=1S/C27H37N7OS/c1-20-3-5-21(6-4-20)24-19-34-26(28-24)36-27(29-34)33-13-7-22(8-14-33)25(35)32-17-15-31(16-18-32)23-9-11-30(2)12-10-23/h3-6,19,22-23H,7-18H2,1-2H3. The smallest absolute Gasteiger partial charge is 0.225 e. The van der Waals surface area contributed by atoms with Crippen LogP contribution in [0.1, 0.15) is 31.2 Å². The van der Waals surface area contributed by atoms with Gasteiger partial charge in [0.25, 0.3) is 0 Å². The Hall–Kier alpha value is -2.49. The van der Waals surface area contributed by atoms with Gasteiger partial charge in [0.2, 0.25) is 16.0 Å². The summed E-state index contributed by atoms with van der Waals surface area (Å²) in [7, 11) is 2.22. The zero-order valence-electron chi connectivity index (χ0n) is 21.5. The average molecular weight is 508 g/mol. The molecule has 3 aliphatic rings. The summed E-state index contributed by atoms with van der Waals surface area (Å²) in [6, 6.07) is 9.15. The SMILES string of the molecule is Cc1ccc(-c2cn3nc(N4CCC(C(=O)N5CCN(C6CCN(C)CC6)CC5)CC4)sc3n2)cc1. The number of hydrogen-bond donors (Lipinski definition) is 0. The highest BCUT2D eigenvalue weighted by Gasteiger charge is 2.33. The Balaban J connectivity index is 1.01. The van der Waals surface area contributed by atoms with E-state index in [0.29, 0.717) is 11.9 Å². The van der Waals surface area contributed by atoms with Gasteiger partial charge in [-0.15, -0.1) is 5.10 Å². The van der Waals surface area contributed by atoms with Crippen molar-refractivity contribution >= 4 is 27.3 Å². The minimum atomic E-state index is 0.147. The van der Waals surface area contributed by atoms with E-state index >= 15 is 0 Å². The van der Waals surface area contributed by atoms with Gasteiger partial charge in [0.1, 0.15) is 0 Å². The van der Waals surface area contributed by atoms with E-state index in [1.165, 1.54) is 31.5 Å². The Labute approximate surface area is 217 Å². The summed E-state index contributed by atoms with van der Waals surface area (Å²) in [6.45, 7) is 10.1. The van der Waals surface area contributed by atoms with E-state index in [-0.39, 0.29) is 5.92 Å². The highest BCUT2D eigenvalue weighted by Crippen LogP contribution is 2.30. The minimum Gasteiger partial charge on any atom is -0.347 e. The average Bonchev–Trinajstić information content (AvgIpc) is 3.49. The van der Waals surface area contributed by atoms with Gasteiger partial charge in [-0.1, -0.05) is 41.2 Å². The molecule has 0 saturated carbocycles. The zero-order chi connectivity index (χ0) is 24.6. The molecule has 192 valence electrons. The summed E-state index contributed by atoms with van der Waals surface area (Å²) in [5, 5.41) is 5.82. The molecule has 0 bridgehead atoms. The number of aryl methyl sites for hydroxylation is 1. The van der Waals surface area contributed by atoms with Gasteiger partial charge in [0.15, 0.2) is 0 Å². The van der Waals surface area contributed by atoms with Crippen LogP contribution in [0.3, 0.4) is 0 Å². The Bertz CT molecular complexity index is 1150. The van der Waals surface area contributed by atoms with Crippen LogP contribution in [-0.4, -0.2) is 101 Å². The lowest BCUT2D eigenvalue weighted by atomic mass is 9.95. The topological polar surface area (TPSA) is 60.2 Å². The fraction of sp³-hybridized carbons (Fsp3) is 0.593. The van der Waals surface area contributed by atoms with E-state index in [1.807, 2.05) is 10.7 Å². The van der Waals surface area contributed by atoms with Crippen LogP contribution in [-0.2, 0) is 4.79 Å². The van der Waals surface area contributed by atoms with Crippen molar-refractivity contribution in [1.82, 2.24) is 29.3 Å². The lowest BCUT2D eigenvalue weighted by molar-refractivity contribution is -0.138. The predicted molar refractivity (Wildman–Crippen MR) is 145 cm³/mol. The second kappa shape index (κ2) is 10.1. The summed E-state index contributed by atoms with van der Waals surface area (Å²) >= 11 is 1.64. The molecule has 3 aliphatic heterocycles. The van der Waals surface area contributed by atoms with Crippen LogP contribution in [0.15, 0.2) is 30.5 Å². The first-order chi connectivity index (χ1) is 17.5. The van der Waals surface area contributed by atoms with E-state index < -0.39 is 0 Å². The quantitative estimate of drug-likeness (QED) is 0.541. The van der Waals surface area contributed by atoms with E-state index in [4.69, 9.17) is 10.1 Å². The van der Waals surface area contributed by atoms with Crippen molar-refractivity contribution in [2.45, 2.75) is 38.6 Å². The van der Waals surface area contributed by atoms with Crippen LogP contribution < -0.4 is 4.90 Å². The molecule has 1 amide bonds. The zero-order valence-corrected chi connectivity index (χ0v) is 22.3. The molecule has 5 heterocycles. The fourth-order valence-corrected chi connectivity index (χ4v) is 6.86. The highest BCUT2D eigenvalue weighted by atomic mass is 32.1. The molecule has 0 atom stereocenters. The van der Waals surface area contributed by atoms with E-state index in [2.05, 4.69) is 57.8 Å². The first-order valence-electron chi connectivity index (χ1n) is 13.4. The third-order valence-electron chi connectivity index (χ3n) is 8.32. The second-order valence-corrected chi connectivity index (χ2v) is 11.7. The molecule has 0 N–H and O–H groups in total. The predicted octanol–water partition coefficient (Wildman–Crippen LogP) is 3.22. The molecule has 0 unspecified atom stereocenters. The lowest BCUT2D eigenvalue weighted by Crippen LogP contribution is -2.55. The van der Waals surface area contributed by atoms with E-state index in [9.17, 15) is 4.79 Å². The molecule has 9 heteroatoms. The van der Waals surface area contributed by atoms with Crippen molar-refractivity contribution < 1.29 is 4.79 Å². The van der Waals surface area contributed by atoms with E-state index in [0.717, 1.165) is 73.5 Å². The number of piperidine rings is 2. The Morgan fingerprint density at radius 1 is 0.917 bits per heavy atom. The van der Waals surface area contributed by atoms with Crippen LogP contribution in [0.4, 0.5) is 5.13 Å². The minimum absolute atomic E-state index is 0.147. The van der Waals surface area contributed by atoms with Crippen LogP contribution in [0.2, 0.25) is 0 Å². The van der Waals surface area contributed by atoms with Crippen molar-refractivity contribution in [3.8, 4) is 11.3 Å². The molecule has 6 rings (SSSR count). The molecular formula is C27H37N7OS. The monoisotopic (exact) mass is 507 g/mol. The van der Waals surface area contributed by atoms with Gasteiger partial charge in [-0.05, 0) is 52.7 Å². The molecule has 36 heavy (non-hydrogen) atoms. The molecule has 8 nitrogen and oxygen atoms in total. The number of carbonyl (C=O) groups is 1. The maximum absolute atomic E-state index is 13.3. The summed E-state index contributed by atoms with van der Waals surface area (Å²) in [5.74, 6) is 0.516. The molecule has 0 spiro atoms. The first kappa shape index (κ1) is 23.9. The molecule has 3 aromatic rings. The van der Waals surface area contributed by atoms with Crippen LogP contribution in [0.5, 0.6) is 0 Å². The lowest BCUT2D eigenvalue weighted by Gasteiger charge is -2.43. The van der Waals surface area contributed by atoms with Gasteiger partial charge in [0, 0.05) is 56.8 Å². The molecule has 3 fully saturated rings.